The summed E-state index contributed by atoms with van der Waals surface area (Å²) in [6.07, 6.45) is 1.04. The molecular formula is C21H28N2O6S. The lowest BCUT2D eigenvalue weighted by atomic mass is 10.1. The molecule has 30 heavy (non-hydrogen) atoms. The molecule has 0 saturated heterocycles. The summed E-state index contributed by atoms with van der Waals surface area (Å²) >= 11 is 0. The number of carbonyl (C=O) groups is 1. The van der Waals surface area contributed by atoms with Gasteiger partial charge in [0.1, 0.15) is 23.3 Å². The average Bonchev–Trinajstić information content (AvgIpc) is 2.72. The van der Waals surface area contributed by atoms with Crippen molar-refractivity contribution in [3.05, 3.63) is 48.0 Å². The van der Waals surface area contributed by atoms with Gasteiger partial charge in [-0.15, -0.1) is 0 Å². The number of ether oxygens (including phenoxy) is 3. The lowest BCUT2D eigenvalue weighted by molar-refractivity contribution is -0.122. The van der Waals surface area contributed by atoms with Crippen molar-refractivity contribution in [1.82, 2.24) is 5.32 Å². The second kappa shape index (κ2) is 9.71. The first-order chi connectivity index (χ1) is 14.1. The van der Waals surface area contributed by atoms with Crippen LogP contribution in [0.3, 0.4) is 0 Å². The maximum atomic E-state index is 13.0. The maximum Gasteiger partial charge on any atom is 0.244 e. The molecule has 0 aliphatic carbocycles. The van der Waals surface area contributed by atoms with Crippen LogP contribution in [0.4, 0.5) is 5.69 Å². The monoisotopic (exact) mass is 436 g/mol. The molecule has 0 spiro atoms. The number of rotatable bonds is 9. The van der Waals surface area contributed by atoms with Gasteiger partial charge in [-0.2, -0.15) is 0 Å². The first-order valence-corrected chi connectivity index (χ1v) is 11.1. The standard InChI is InChI=1S/C21H28N2O6S/c1-14(16-7-9-17(27-3)10-8-16)22-21(24)15(2)23(30(6,25)26)19-13-18(28-4)11-12-20(19)29-5/h7-15H,1-6H3,(H,22,24). The maximum absolute atomic E-state index is 13.0. The van der Waals surface area contributed by atoms with Crippen LogP contribution < -0.4 is 23.8 Å². The van der Waals surface area contributed by atoms with E-state index < -0.39 is 22.0 Å². The van der Waals surface area contributed by atoms with Gasteiger partial charge in [-0.25, -0.2) is 8.42 Å². The number of hydrogen-bond donors (Lipinski definition) is 1. The molecule has 164 valence electrons. The van der Waals surface area contributed by atoms with Crippen molar-refractivity contribution >= 4 is 21.6 Å². The second-order valence-corrected chi connectivity index (χ2v) is 8.64. The molecule has 9 heteroatoms. The Hall–Kier alpha value is -2.94. The zero-order valence-electron chi connectivity index (χ0n) is 18.0. The first-order valence-electron chi connectivity index (χ1n) is 9.28. The van der Waals surface area contributed by atoms with Crippen molar-refractivity contribution < 1.29 is 27.4 Å². The number of methoxy groups -OCH3 is 3. The Morgan fingerprint density at radius 3 is 2.00 bits per heavy atom. The number of sulfonamides is 1. The lowest BCUT2D eigenvalue weighted by Crippen LogP contribution is -2.48. The van der Waals surface area contributed by atoms with Gasteiger partial charge in [0.15, 0.2) is 0 Å². The number of nitrogens with one attached hydrogen (secondary N) is 1. The van der Waals surface area contributed by atoms with E-state index in [4.69, 9.17) is 14.2 Å². The molecule has 2 atom stereocenters. The number of carbonyl (C=O) groups excluding carboxylic acids is 1. The van der Waals surface area contributed by atoms with Crippen LogP contribution in [-0.2, 0) is 14.8 Å². The minimum Gasteiger partial charge on any atom is -0.497 e. The van der Waals surface area contributed by atoms with E-state index in [1.54, 1.807) is 31.4 Å². The average molecular weight is 437 g/mol. The van der Waals surface area contributed by atoms with E-state index in [9.17, 15) is 13.2 Å². The van der Waals surface area contributed by atoms with Crippen molar-refractivity contribution in [2.24, 2.45) is 0 Å². The molecule has 2 unspecified atom stereocenters. The topological polar surface area (TPSA) is 94.2 Å². The van der Waals surface area contributed by atoms with Crippen molar-refractivity contribution in [2.45, 2.75) is 25.9 Å². The summed E-state index contributed by atoms with van der Waals surface area (Å²) in [7, 11) is 0.677. The summed E-state index contributed by atoms with van der Waals surface area (Å²) < 4.78 is 41.9. The highest BCUT2D eigenvalue weighted by Gasteiger charge is 2.32. The minimum absolute atomic E-state index is 0.221. The molecule has 0 radical (unpaired) electrons. The van der Waals surface area contributed by atoms with Crippen LogP contribution in [0.1, 0.15) is 25.5 Å². The van der Waals surface area contributed by atoms with Crippen LogP contribution in [0, 0.1) is 0 Å². The van der Waals surface area contributed by atoms with E-state index in [0.29, 0.717) is 17.2 Å². The molecule has 1 amide bonds. The molecule has 2 aromatic carbocycles. The van der Waals surface area contributed by atoms with E-state index in [1.165, 1.54) is 27.2 Å². The molecule has 1 N–H and O–H groups in total. The van der Waals surface area contributed by atoms with Gasteiger partial charge in [-0.3, -0.25) is 9.10 Å². The summed E-state index contributed by atoms with van der Waals surface area (Å²) in [4.78, 5) is 13.0. The Morgan fingerprint density at radius 2 is 1.50 bits per heavy atom. The van der Waals surface area contributed by atoms with Gasteiger partial charge < -0.3 is 19.5 Å². The molecule has 2 aromatic rings. The highest BCUT2D eigenvalue weighted by molar-refractivity contribution is 7.92. The van der Waals surface area contributed by atoms with Crippen molar-refractivity contribution in [3.63, 3.8) is 0 Å². The third-order valence-corrected chi connectivity index (χ3v) is 5.91. The number of nitrogens with zero attached hydrogens (tertiary/aromatic N) is 1. The van der Waals surface area contributed by atoms with Crippen LogP contribution in [0.2, 0.25) is 0 Å². The second-order valence-electron chi connectivity index (χ2n) is 6.78. The third kappa shape index (κ3) is 5.35. The Morgan fingerprint density at radius 1 is 0.933 bits per heavy atom. The van der Waals surface area contributed by atoms with E-state index in [0.717, 1.165) is 16.1 Å². The zero-order valence-corrected chi connectivity index (χ0v) is 18.8. The summed E-state index contributed by atoms with van der Waals surface area (Å²) in [5.74, 6) is 1.01. The summed E-state index contributed by atoms with van der Waals surface area (Å²) in [6, 6.07) is 10.7. The van der Waals surface area contributed by atoms with Crippen molar-refractivity contribution in [1.29, 1.82) is 0 Å². The molecular weight excluding hydrogens is 408 g/mol. The van der Waals surface area contributed by atoms with Gasteiger partial charge in [-0.1, -0.05) is 12.1 Å². The fourth-order valence-electron chi connectivity index (χ4n) is 3.06. The van der Waals surface area contributed by atoms with Crippen LogP contribution in [0.5, 0.6) is 17.2 Å². The van der Waals surface area contributed by atoms with Gasteiger partial charge in [0, 0.05) is 6.07 Å². The summed E-state index contributed by atoms with van der Waals surface area (Å²) in [5, 5.41) is 2.86. The minimum atomic E-state index is -3.81. The number of benzene rings is 2. The highest BCUT2D eigenvalue weighted by atomic mass is 32.2. The Balaban J connectivity index is 2.33. The van der Waals surface area contributed by atoms with E-state index in [1.807, 2.05) is 19.1 Å². The quantitative estimate of drug-likeness (QED) is 0.650. The Bertz CT molecular complexity index is 975. The summed E-state index contributed by atoms with van der Waals surface area (Å²) in [6.45, 7) is 3.35. The highest BCUT2D eigenvalue weighted by Crippen LogP contribution is 2.35. The van der Waals surface area contributed by atoms with Crippen molar-refractivity contribution in [3.8, 4) is 17.2 Å². The van der Waals surface area contributed by atoms with Crippen molar-refractivity contribution in [2.75, 3.05) is 31.9 Å². The number of amides is 1. The van der Waals surface area contributed by atoms with E-state index in [2.05, 4.69) is 5.32 Å². The van der Waals surface area contributed by atoms with E-state index in [-0.39, 0.29) is 11.7 Å². The Kier molecular flexibility index (Phi) is 7.55. The fourth-order valence-corrected chi connectivity index (χ4v) is 4.23. The van der Waals surface area contributed by atoms with E-state index >= 15 is 0 Å². The van der Waals surface area contributed by atoms with Gasteiger partial charge in [0.25, 0.3) is 0 Å². The van der Waals surface area contributed by atoms with Gasteiger partial charge in [0.2, 0.25) is 15.9 Å². The van der Waals surface area contributed by atoms with Gasteiger partial charge >= 0.3 is 0 Å². The molecule has 2 rings (SSSR count). The molecule has 0 aliphatic rings. The molecule has 8 nitrogen and oxygen atoms in total. The molecule has 0 aromatic heterocycles. The molecule has 0 aliphatic heterocycles. The normalized spacial score (nSPS) is 13.1. The van der Waals surface area contributed by atoms with Crippen LogP contribution in [-0.4, -0.2) is 48.0 Å². The smallest absolute Gasteiger partial charge is 0.244 e. The zero-order chi connectivity index (χ0) is 22.5. The SMILES string of the molecule is COc1ccc(C(C)NC(=O)C(C)N(c2cc(OC)ccc2OC)S(C)(=O)=O)cc1. The largest absolute Gasteiger partial charge is 0.497 e. The van der Waals surface area contributed by atoms with Gasteiger partial charge in [0.05, 0.1) is 39.3 Å². The molecule has 0 saturated carbocycles. The molecule has 0 bridgehead atoms. The fraction of sp³-hybridized carbons (Fsp3) is 0.381. The number of hydrogen-bond acceptors (Lipinski definition) is 6. The predicted octanol–water partition coefficient (Wildman–Crippen LogP) is 2.74. The molecule has 0 heterocycles. The first kappa shape index (κ1) is 23.3. The lowest BCUT2D eigenvalue weighted by Gasteiger charge is -2.30. The summed E-state index contributed by atoms with van der Waals surface area (Å²) in [5.41, 5.74) is 1.08. The number of anilines is 1. The van der Waals surface area contributed by atoms with Gasteiger partial charge in [-0.05, 0) is 43.7 Å². The Labute approximate surface area is 177 Å². The predicted molar refractivity (Wildman–Crippen MR) is 116 cm³/mol. The third-order valence-electron chi connectivity index (χ3n) is 4.69. The van der Waals surface area contributed by atoms with Crippen LogP contribution in [0.25, 0.3) is 0 Å². The van der Waals surface area contributed by atoms with Crippen LogP contribution in [0.15, 0.2) is 42.5 Å². The molecule has 0 fully saturated rings. The van der Waals surface area contributed by atoms with Crippen LogP contribution >= 0.6 is 0 Å².